The Morgan fingerprint density at radius 2 is 2.07 bits per heavy atom. The van der Waals surface area contributed by atoms with E-state index in [9.17, 15) is 4.79 Å². The molecule has 1 aromatic rings. The third-order valence-corrected chi connectivity index (χ3v) is 2.27. The van der Waals surface area contributed by atoms with Crippen LogP contribution in [-0.4, -0.2) is 29.1 Å². The van der Waals surface area contributed by atoms with E-state index in [1.807, 2.05) is 30.3 Å². The lowest BCUT2D eigenvalue weighted by Gasteiger charge is -2.07. The summed E-state index contributed by atoms with van der Waals surface area (Å²) in [5.41, 5.74) is 0.813. The van der Waals surface area contributed by atoms with Gasteiger partial charge in [-0.3, -0.25) is 0 Å². The summed E-state index contributed by atoms with van der Waals surface area (Å²) >= 11 is 0. The number of nitrogens with zero attached hydrogens (tertiary/aromatic N) is 1. The minimum atomic E-state index is -0.951. The van der Waals surface area contributed by atoms with Crippen LogP contribution in [0.15, 0.2) is 35.3 Å². The molecule has 1 N–H and O–H groups in total. The molecule has 1 aromatic carbocycles. The lowest BCUT2D eigenvalue weighted by molar-refractivity contribution is -0.139. The van der Waals surface area contributed by atoms with Crippen LogP contribution in [0.5, 0.6) is 0 Å². The standard InChI is InChI=1S/C11H11NO3/c1-7-9(11(13)14)12-10(15-7)8-5-3-2-4-6-8/h2-7,9H,1H3,(H,13,14). The maximum Gasteiger partial charge on any atom is 0.332 e. The van der Waals surface area contributed by atoms with E-state index in [0.29, 0.717) is 5.90 Å². The van der Waals surface area contributed by atoms with Crippen LogP contribution < -0.4 is 0 Å². The Bertz CT molecular complexity index is 400. The van der Waals surface area contributed by atoms with Gasteiger partial charge in [-0.1, -0.05) is 18.2 Å². The van der Waals surface area contributed by atoms with Gasteiger partial charge in [-0.25, -0.2) is 9.79 Å². The highest BCUT2D eigenvalue weighted by Crippen LogP contribution is 2.17. The van der Waals surface area contributed by atoms with Crippen molar-refractivity contribution in [1.82, 2.24) is 0 Å². The largest absolute Gasteiger partial charge is 0.480 e. The molecule has 1 aliphatic heterocycles. The molecule has 0 bridgehead atoms. The monoisotopic (exact) mass is 205 g/mol. The molecule has 78 valence electrons. The summed E-state index contributed by atoms with van der Waals surface area (Å²) in [4.78, 5) is 14.8. The zero-order valence-corrected chi connectivity index (χ0v) is 8.25. The normalized spacial score (nSPS) is 24.5. The van der Waals surface area contributed by atoms with Crippen LogP contribution >= 0.6 is 0 Å². The van der Waals surface area contributed by atoms with Gasteiger partial charge in [0.1, 0.15) is 6.10 Å². The summed E-state index contributed by atoms with van der Waals surface area (Å²) in [6.45, 7) is 1.71. The Morgan fingerprint density at radius 3 is 2.60 bits per heavy atom. The second-order valence-electron chi connectivity index (χ2n) is 3.41. The second-order valence-corrected chi connectivity index (χ2v) is 3.41. The van der Waals surface area contributed by atoms with Crippen LogP contribution in [0.25, 0.3) is 0 Å². The first kappa shape index (κ1) is 9.71. The molecular weight excluding hydrogens is 194 g/mol. The van der Waals surface area contributed by atoms with Crippen LogP contribution in [0.3, 0.4) is 0 Å². The Labute approximate surface area is 87.2 Å². The summed E-state index contributed by atoms with van der Waals surface area (Å²) in [5.74, 6) is -0.538. The second kappa shape index (κ2) is 3.73. The van der Waals surface area contributed by atoms with Gasteiger partial charge in [-0.2, -0.15) is 0 Å². The smallest absolute Gasteiger partial charge is 0.332 e. The number of aliphatic carboxylic acids is 1. The molecule has 4 heteroatoms. The minimum absolute atomic E-state index is 0.405. The van der Waals surface area contributed by atoms with Gasteiger partial charge < -0.3 is 9.84 Å². The molecule has 0 radical (unpaired) electrons. The van der Waals surface area contributed by atoms with E-state index in [-0.39, 0.29) is 0 Å². The lowest BCUT2D eigenvalue weighted by Crippen LogP contribution is -2.27. The van der Waals surface area contributed by atoms with Crippen LogP contribution in [0.4, 0.5) is 0 Å². The fraction of sp³-hybridized carbons (Fsp3) is 0.273. The number of rotatable bonds is 2. The van der Waals surface area contributed by atoms with E-state index in [4.69, 9.17) is 9.84 Å². The maximum atomic E-state index is 10.8. The molecule has 2 atom stereocenters. The maximum absolute atomic E-state index is 10.8. The highest BCUT2D eigenvalue weighted by molar-refractivity contribution is 5.97. The van der Waals surface area contributed by atoms with E-state index < -0.39 is 18.1 Å². The first-order valence-corrected chi connectivity index (χ1v) is 4.71. The molecular formula is C11H11NO3. The Kier molecular flexibility index (Phi) is 2.41. The molecule has 4 nitrogen and oxygen atoms in total. The van der Waals surface area contributed by atoms with Crippen molar-refractivity contribution in [2.24, 2.45) is 4.99 Å². The molecule has 2 unspecified atom stereocenters. The number of hydrogen-bond donors (Lipinski definition) is 1. The van der Waals surface area contributed by atoms with Crippen molar-refractivity contribution in [1.29, 1.82) is 0 Å². The van der Waals surface area contributed by atoms with E-state index in [1.165, 1.54) is 0 Å². The highest BCUT2D eigenvalue weighted by atomic mass is 16.5. The molecule has 0 spiro atoms. The van der Waals surface area contributed by atoms with Gasteiger partial charge in [0.2, 0.25) is 5.90 Å². The third-order valence-electron chi connectivity index (χ3n) is 2.27. The minimum Gasteiger partial charge on any atom is -0.480 e. The van der Waals surface area contributed by atoms with Gasteiger partial charge >= 0.3 is 5.97 Å². The van der Waals surface area contributed by atoms with Crippen molar-refractivity contribution in [3.63, 3.8) is 0 Å². The van der Waals surface area contributed by atoms with Crippen molar-refractivity contribution < 1.29 is 14.6 Å². The highest BCUT2D eigenvalue weighted by Gasteiger charge is 2.33. The van der Waals surface area contributed by atoms with Crippen molar-refractivity contribution in [3.05, 3.63) is 35.9 Å². The summed E-state index contributed by atoms with van der Waals surface area (Å²) in [6, 6.07) is 8.50. The molecule has 1 heterocycles. The molecule has 1 aliphatic rings. The molecule has 0 saturated heterocycles. The third kappa shape index (κ3) is 1.83. The molecule has 2 rings (SSSR count). The van der Waals surface area contributed by atoms with E-state index in [1.54, 1.807) is 6.92 Å². The number of hydrogen-bond acceptors (Lipinski definition) is 3. The SMILES string of the molecule is CC1OC(c2ccccc2)=NC1C(=O)O. The van der Waals surface area contributed by atoms with E-state index >= 15 is 0 Å². The van der Waals surface area contributed by atoms with Crippen LogP contribution in [-0.2, 0) is 9.53 Å². The van der Waals surface area contributed by atoms with Gasteiger partial charge in [0, 0.05) is 5.56 Å². The van der Waals surface area contributed by atoms with Crippen molar-refractivity contribution in [3.8, 4) is 0 Å². The van der Waals surface area contributed by atoms with Crippen LogP contribution in [0.1, 0.15) is 12.5 Å². The predicted molar refractivity (Wildman–Crippen MR) is 54.9 cm³/mol. The zero-order valence-electron chi connectivity index (χ0n) is 8.25. The van der Waals surface area contributed by atoms with E-state index in [0.717, 1.165) is 5.56 Å². The summed E-state index contributed by atoms with van der Waals surface area (Å²) in [7, 11) is 0. The van der Waals surface area contributed by atoms with Gasteiger partial charge in [-0.15, -0.1) is 0 Å². The molecule has 0 aliphatic carbocycles. The number of carboxylic acid groups (broad SMARTS) is 1. The molecule has 15 heavy (non-hydrogen) atoms. The number of aliphatic imine (C=N–C) groups is 1. The Balaban J connectivity index is 2.27. The molecule has 0 fully saturated rings. The molecule has 0 saturated carbocycles. The predicted octanol–water partition coefficient (Wildman–Crippen LogP) is 1.31. The molecule has 0 amide bonds. The van der Waals surface area contributed by atoms with Gasteiger partial charge in [0.25, 0.3) is 0 Å². The van der Waals surface area contributed by atoms with Gasteiger partial charge in [-0.05, 0) is 19.1 Å². The fourth-order valence-corrected chi connectivity index (χ4v) is 1.48. The summed E-state index contributed by atoms with van der Waals surface area (Å²) in [5, 5.41) is 8.86. The van der Waals surface area contributed by atoms with Gasteiger partial charge in [0.15, 0.2) is 6.04 Å². The van der Waals surface area contributed by atoms with E-state index in [2.05, 4.69) is 4.99 Å². The van der Waals surface area contributed by atoms with Gasteiger partial charge in [0.05, 0.1) is 0 Å². The lowest BCUT2D eigenvalue weighted by atomic mass is 10.2. The summed E-state index contributed by atoms with van der Waals surface area (Å²) in [6.07, 6.45) is -0.405. The van der Waals surface area contributed by atoms with Crippen molar-refractivity contribution in [2.45, 2.75) is 19.1 Å². The quantitative estimate of drug-likeness (QED) is 0.791. The number of benzene rings is 1. The number of ether oxygens (including phenoxy) is 1. The number of carbonyl (C=O) groups is 1. The van der Waals surface area contributed by atoms with Crippen LogP contribution in [0, 0.1) is 0 Å². The summed E-state index contributed by atoms with van der Waals surface area (Å²) < 4.78 is 5.39. The van der Waals surface area contributed by atoms with Crippen molar-refractivity contribution >= 4 is 11.9 Å². The number of carboxylic acids is 1. The Morgan fingerprint density at radius 1 is 1.40 bits per heavy atom. The fourth-order valence-electron chi connectivity index (χ4n) is 1.48. The molecule has 0 aromatic heterocycles. The topological polar surface area (TPSA) is 58.9 Å². The zero-order chi connectivity index (χ0) is 10.8. The first-order valence-electron chi connectivity index (χ1n) is 4.71. The Hall–Kier alpha value is -1.84. The first-order chi connectivity index (χ1) is 7.18. The van der Waals surface area contributed by atoms with Crippen molar-refractivity contribution in [2.75, 3.05) is 0 Å². The average molecular weight is 205 g/mol. The van der Waals surface area contributed by atoms with Crippen LogP contribution in [0.2, 0.25) is 0 Å². The average Bonchev–Trinajstić information content (AvgIpc) is 2.62.